The third kappa shape index (κ3) is 6.72. The summed E-state index contributed by atoms with van der Waals surface area (Å²) in [6.45, 7) is 5.60. The molecular weight excluding hydrogens is 280 g/mol. The summed E-state index contributed by atoms with van der Waals surface area (Å²) >= 11 is 0. The van der Waals surface area contributed by atoms with Crippen molar-refractivity contribution in [1.82, 2.24) is 10.2 Å². The normalized spacial score (nSPS) is 12.2. The molecule has 0 fully saturated rings. The van der Waals surface area contributed by atoms with E-state index < -0.39 is 12.0 Å². The highest BCUT2D eigenvalue weighted by Crippen LogP contribution is 2.08. The summed E-state index contributed by atoms with van der Waals surface area (Å²) in [5.74, 6) is -1.30. The monoisotopic (exact) mass is 306 g/mol. The van der Waals surface area contributed by atoms with E-state index in [0.717, 1.165) is 18.7 Å². The van der Waals surface area contributed by atoms with Crippen LogP contribution < -0.4 is 5.32 Å². The molecule has 2 N–H and O–H groups in total. The van der Waals surface area contributed by atoms with Crippen LogP contribution in [0.15, 0.2) is 24.3 Å². The number of nitrogens with zero attached hydrogens (tertiary/aromatic N) is 1. The molecule has 0 aliphatic rings. The second kappa shape index (κ2) is 9.20. The third-order valence-corrected chi connectivity index (χ3v) is 3.48. The molecule has 0 aliphatic heterocycles. The van der Waals surface area contributed by atoms with Crippen molar-refractivity contribution >= 4 is 11.9 Å². The Morgan fingerprint density at radius 1 is 1.23 bits per heavy atom. The zero-order chi connectivity index (χ0) is 16.5. The van der Waals surface area contributed by atoms with Crippen LogP contribution in [0.2, 0.25) is 0 Å². The number of carboxylic acid groups (broad SMARTS) is 1. The number of carboxylic acids is 1. The number of amides is 1. The van der Waals surface area contributed by atoms with E-state index in [4.69, 9.17) is 5.11 Å². The van der Waals surface area contributed by atoms with Crippen LogP contribution in [0.4, 0.5) is 0 Å². The first-order chi connectivity index (χ1) is 10.4. The Morgan fingerprint density at radius 2 is 1.82 bits per heavy atom. The van der Waals surface area contributed by atoms with Crippen LogP contribution in [0.1, 0.15) is 37.8 Å². The second-order valence-corrected chi connectivity index (χ2v) is 5.71. The maximum Gasteiger partial charge on any atom is 0.325 e. The molecule has 22 heavy (non-hydrogen) atoms. The Bertz CT molecular complexity index is 485. The van der Waals surface area contributed by atoms with E-state index in [1.807, 2.05) is 24.3 Å². The van der Waals surface area contributed by atoms with Crippen LogP contribution in [-0.2, 0) is 22.6 Å². The molecule has 0 aliphatic carbocycles. The molecule has 5 heteroatoms. The lowest BCUT2D eigenvalue weighted by atomic mass is 10.1. The third-order valence-electron chi connectivity index (χ3n) is 3.48. The van der Waals surface area contributed by atoms with Crippen LogP contribution in [0.25, 0.3) is 0 Å². The van der Waals surface area contributed by atoms with Gasteiger partial charge in [0.1, 0.15) is 6.04 Å². The van der Waals surface area contributed by atoms with E-state index >= 15 is 0 Å². The van der Waals surface area contributed by atoms with E-state index in [-0.39, 0.29) is 12.3 Å². The predicted octanol–water partition coefficient (Wildman–Crippen LogP) is 2.05. The lowest BCUT2D eigenvalue weighted by molar-refractivity contribution is -0.141. The zero-order valence-electron chi connectivity index (χ0n) is 13.6. The van der Waals surface area contributed by atoms with Gasteiger partial charge in [-0.25, -0.2) is 0 Å². The topological polar surface area (TPSA) is 69.6 Å². The molecule has 0 saturated heterocycles. The predicted molar refractivity (Wildman–Crippen MR) is 86.6 cm³/mol. The molecule has 1 rings (SSSR count). The minimum Gasteiger partial charge on any atom is -0.480 e. The number of nitrogens with one attached hydrogen (secondary N) is 1. The number of unbranched alkanes of at least 4 members (excludes halogenated alkanes) is 1. The molecule has 1 aromatic rings. The van der Waals surface area contributed by atoms with Gasteiger partial charge in [0.15, 0.2) is 0 Å². The van der Waals surface area contributed by atoms with Gasteiger partial charge in [0.25, 0.3) is 0 Å². The van der Waals surface area contributed by atoms with E-state index in [9.17, 15) is 9.59 Å². The number of benzene rings is 1. The summed E-state index contributed by atoms with van der Waals surface area (Å²) in [6.07, 6.45) is 2.58. The fourth-order valence-electron chi connectivity index (χ4n) is 2.12. The number of rotatable bonds is 9. The number of carbonyl (C=O) groups is 2. The van der Waals surface area contributed by atoms with Gasteiger partial charge >= 0.3 is 5.97 Å². The van der Waals surface area contributed by atoms with Crippen molar-refractivity contribution in [3.8, 4) is 0 Å². The lowest BCUT2D eigenvalue weighted by Gasteiger charge is -2.16. The molecule has 1 unspecified atom stereocenters. The summed E-state index contributed by atoms with van der Waals surface area (Å²) in [5, 5.41) is 11.2. The van der Waals surface area contributed by atoms with Gasteiger partial charge in [-0.15, -0.1) is 0 Å². The number of hydrogen-bond acceptors (Lipinski definition) is 3. The van der Waals surface area contributed by atoms with Gasteiger partial charge in [0.05, 0.1) is 6.42 Å². The molecule has 0 spiro atoms. The Kier molecular flexibility index (Phi) is 7.60. The first kappa shape index (κ1) is 18.2. The Labute approximate surface area is 132 Å². The van der Waals surface area contributed by atoms with Gasteiger partial charge in [0.2, 0.25) is 5.91 Å². The number of carbonyl (C=O) groups excluding carboxylic acids is 1. The van der Waals surface area contributed by atoms with Gasteiger partial charge in [-0.3, -0.25) is 9.59 Å². The fourth-order valence-corrected chi connectivity index (χ4v) is 2.12. The molecule has 1 atom stereocenters. The molecule has 5 nitrogen and oxygen atoms in total. The largest absolute Gasteiger partial charge is 0.480 e. The SMILES string of the molecule is CCCCN(C)Cc1ccc(CC(=O)NC(C)C(=O)O)cc1. The van der Waals surface area contributed by atoms with Crippen LogP contribution >= 0.6 is 0 Å². The van der Waals surface area contributed by atoms with E-state index in [2.05, 4.69) is 24.2 Å². The second-order valence-electron chi connectivity index (χ2n) is 5.71. The number of hydrogen-bond donors (Lipinski definition) is 2. The molecule has 0 heterocycles. The molecule has 0 aromatic heterocycles. The summed E-state index contributed by atoms with van der Waals surface area (Å²) in [4.78, 5) is 24.7. The van der Waals surface area contributed by atoms with E-state index in [1.54, 1.807) is 0 Å². The van der Waals surface area contributed by atoms with Crippen molar-refractivity contribution in [2.45, 2.75) is 45.7 Å². The lowest BCUT2D eigenvalue weighted by Crippen LogP contribution is -2.39. The minimum atomic E-state index is -1.03. The smallest absolute Gasteiger partial charge is 0.325 e. The fraction of sp³-hybridized carbons (Fsp3) is 0.529. The van der Waals surface area contributed by atoms with Gasteiger partial charge in [0, 0.05) is 6.54 Å². The summed E-state index contributed by atoms with van der Waals surface area (Å²) in [7, 11) is 2.10. The standard InChI is InChI=1S/C17H26N2O3/c1-4-5-10-19(3)12-15-8-6-14(7-9-15)11-16(20)18-13(2)17(21)22/h6-9,13H,4-5,10-12H2,1-3H3,(H,18,20)(H,21,22). The highest BCUT2D eigenvalue weighted by molar-refractivity contribution is 5.84. The zero-order valence-corrected chi connectivity index (χ0v) is 13.6. The first-order valence-electron chi connectivity index (χ1n) is 7.71. The molecule has 1 amide bonds. The summed E-state index contributed by atoms with van der Waals surface area (Å²) < 4.78 is 0. The average Bonchev–Trinajstić information content (AvgIpc) is 2.47. The van der Waals surface area contributed by atoms with Crippen LogP contribution in [0.5, 0.6) is 0 Å². The maximum absolute atomic E-state index is 11.7. The average molecular weight is 306 g/mol. The van der Waals surface area contributed by atoms with Crippen molar-refractivity contribution in [2.75, 3.05) is 13.6 Å². The van der Waals surface area contributed by atoms with Crippen molar-refractivity contribution in [2.24, 2.45) is 0 Å². The van der Waals surface area contributed by atoms with Crippen molar-refractivity contribution in [3.05, 3.63) is 35.4 Å². The van der Waals surface area contributed by atoms with Crippen LogP contribution in [-0.4, -0.2) is 41.5 Å². The van der Waals surface area contributed by atoms with Gasteiger partial charge in [-0.1, -0.05) is 37.6 Å². The van der Waals surface area contributed by atoms with Crippen LogP contribution in [0, 0.1) is 0 Å². The minimum absolute atomic E-state index is 0.198. The summed E-state index contributed by atoms with van der Waals surface area (Å²) in [6, 6.07) is 7.03. The molecule has 0 saturated carbocycles. The van der Waals surface area contributed by atoms with Crippen molar-refractivity contribution in [1.29, 1.82) is 0 Å². The van der Waals surface area contributed by atoms with Gasteiger partial charge < -0.3 is 15.3 Å². The van der Waals surface area contributed by atoms with Crippen LogP contribution in [0.3, 0.4) is 0 Å². The molecule has 122 valence electrons. The highest BCUT2D eigenvalue weighted by atomic mass is 16.4. The van der Waals surface area contributed by atoms with Crippen molar-refractivity contribution < 1.29 is 14.7 Å². The molecular formula is C17H26N2O3. The highest BCUT2D eigenvalue weighted by Gasteiger charge is 2.13. The van der Waals surface area contributed by atoms with Gasteiger partial charge in [-0.2, -0.15) is 0 Å². The quantitative estimate of drug-likeness (QED) is 0.732. The Balaban J connectivity index is 2.47. The maximum atomic E-state index is 11.7. The van der Waals surface area contributed by atoms with E-state index in [0.29, 0.717) is 0 Å². The Hall–Kier alpha value is -1.88. The molecule has 1 aromatic carbocycles. The Morgan fingerprint density at radius 3 is 2.36 bits per heavy atom. The van der Waals surface area contributed by atoms with E-state index in [1.165, 1.54) is 25.3 Å². The molecule has 0 bridgehead atoms. The molecule has 0 radical (unpaired) electrons. The summed E-state index contributed by atoms with van der Waals surface area (Å²) in [5.41, 5.74) is 2.09. The van der Waals surface area contributed by atoms with Gasteiger partial charge in [-0.05, 0) is 38.1 Å². The van der Waals surface area contributed by atoms with Crippen molar-refractivity contribution in [3.63, 3.8) is 0 Å². The number of aliphatic carboxylic acids is 1. The first-order valence-corrected chi connectivity index (χ1v) is 7.71.